The van der Waals surface area contributed by atoms with E-state index in [1.165, 1.54) is 0 Å². The third-order valence-corrected chi connectivity index (χ3v) is 6.63. The van der Waals surface area contributed by atoms with Crippen molar-refractivity contribution < 1.29 is 19.1 Å². The summed E-state index contributed by atoms with van der Waals surface area (Å²) in [7, 11) is 0. The molecule has 0 saturated carbocycles. The highest BCUT2D eigenvalue weighted by Crippen LogP contribution is 2.18. The molecule has 0 aromatic heterocycles. The summed E-state index contributed by atoms with van der Waals surface area (Å²) < 4.78 is 5.43. The largest absolute Gasteiger partial charge is 0.381 e. The first-order chi connectivity index (χ1) is 14.5. The zero-order valence-electron chi connectivity index (χ0n) is 18.1. The standard InChI is InChI=1S/C20H36N6O4/c1-2-22(16-27)17-3-7-25(8-4-17)20(29)26(21)15-19(28)24-11-9-23(10-12-24)18-5-13-30-14-6-18/h16-18H,2-15,21H2,1H3. The number of piperazine rings is 1. The number of carbonyl (C=O) groups is 3. The van der Waals surface area contributed by atoms with Crippen molar-refractivity contribution in [2.24, 2.45) is 5.84 Å². The number of ether oxygens (including phenoxy) is 1. The lowest BCUT2D eigenvalue weighted by Gasteiger charge is -2.41. The highest BCUT2D eigenvalue weighted by Gasteiger charge is 2.31. The first-order valence-corrected chi connectivity index (χ1v) is 11.1. The van der Waals surface area contributed by atoms with Crippen LogP contribution in [-0.4, -0.2) is 121 Å². The summed E-state index contributed by atoms with van der Waals surface area (Å²) in [6.07, 6.45) is 4.44. The first-order valence-electron chi connectivity index (χ1n) is 11.1. The Balaban J connectivity index is 1.40. The van der Waals surface area contributed by atoms with E-state index in [9.17, 15) is 14.4 Å². The highest BCUT2D eigenvalue weighted by atomic mass is 16.5. The lowest BCUT2D eigenvalue weighted by Crippen LogP contribution is -2.57. The average Bonchev–Trinajstić information content (AvgIpc) is 2.80. The Morgan fingerprint density at radius 2 is 1.63 bits per heavy atom. The van der Waals surface area contributed by atoms with Crippen LogP contribution in [0.2, 0.25) is 0 Å². The number of piperidine rings is 1. The molecule has 10 nitrogen and oxygen atoms in total. The van der Waals surface area contributed by atoms with Crippen molar-refractivity contribution in [2.75, 3.05) is 65.6 Å². The van der Waals surface area contributed by atoms with Gasteiger partial charge < -0.3 is 19.4 Å². The summed E-state index contributed by atoms with van der Waals surface area (Å²) in [4.78, 5) is 44.1. The van der Waals surface area contributed by atoms with E-state index in [1.54, 1.807) is 14.7 Å². The molecule has 3 aliphatic rings. The number of hydrogen-bond acceptors (Lipinski definition) is 6. The number of hydrogen-bond donors (Lipinski definition) is 1. The van der Waals surface area contributed by atoms with Crippen LogP contribution >= 0.6 is 0 Å². The number of hydrazine groups is 1. The van der Waals surface area contributed by atoms with E-state index in [1.807, 2.05) is 6.92 Å². The molecule has 0 unspecified atom stereocenters. The third-order valence-electron chi connectivity index (χ3n) is 6.63. The minimum absolute atomic E-state index is 0.106. The zero-order chi connectivity index (χ0) is 21.5. The van der Waals surface area contributed by atoms with Crippen LogP contribution in [0, 0.1) is 0 Å². The molecule has 3 saturated heterocycles. The highest BCUT2D eigenvalue weighted by molar-refractivity contribution is 5.83. The second-order valence-electron chi connectivity index (χ2n) is 8.32. The van der Waals surface area contributed by atoms with Crippen LogP contribution in [0.5, 0.6) is 0 Å². The molecule has 0 spiro atoms. The summed E-state index contributed by atoms with van der Waals surface area (Å²) in [5, 5.41) is 1.03. The predicted molar refractivity (Wildman–Crippen MR) is 111 cm³/mol. The number of rotatable bonds is 6. The fourth-order valence-electron chi connectivity index (χ4n) is 4.69. The lowest BCUT2D eigenvalue weighted by atomic mass is 10.0. The van der Waals surface area contributed by atoms with Crippen LogP contribution in [-0.2, 0) is 14.3 Å². The molecule has 10 heteroatoms. The van der Waals surface area contributed by atoms with Gasteiger partial charge in [0.1, 0.15) is 6.54 Å². The van der Waals surface area contributed by atoms with Crippen molar-refractivity contribution in [1.82, 2.24) is 24.6 Å². The summed E-state index contributed by atoms with van der Waals surface area (Å²) in [6.45, 7) is 8.27. The third kappa shape index (κ3) is 5.61. The van der Waals surface area contributed by atoms with Crippen molar-refractivity contribution in [1.29, 1.82) is 0 Å². The second-order valence-corrected chi connectivity index (χ2v) is 8.32. The van der Waals surface area contributed by atoms with E-state index < -0.39 is 0 Å². The molecule has 2 N–H and O–H groups in total. The summed E-state index contributed by atoms with van der Waals surface area (Å²) in [5.74, 6) is 5.84. The maximum absolute atomic E-state index is 12.6. The van der Waals surface area contributed by atoms with Crippen LogP contribution in [0.4, 0.5) is 4.79 Å². The Morgan fingerprint density at radius 1 is 1.00 bits per heavy atom. The van der Waals surface area contributed by atoms with Gasteiger partial charge in [0, 0.05) is 71.1 Å². The zero-order valence-corrected chi connectivity index (χ0v) is 18.1. The number of amides is 4. The van der Waals surface area contributed by atoms with Gasteiger partial charge in [0.05, 0.1) is 0 Å². The van der Waals surface area contributed by atoms with Gasteiger partial charge in [-0.15, -0.1) is 0 Å². The molecule has 170 valence electrons. The Morgan fingerprint density at radius 3 is 2.20 bits per heavy atom. The van der Waals surface area contributed by atoms with Gasteiger partial charge in [-0.25, -0.2) is 10.6 Å². The van der Waals surface area contributed by atoms with E-state index in [4.69, 9.17) is 10.6 Å². The monoisotopic (exact) mass is 424 g/mol. The van der Waals surface area contributed by atoms with Crippen molar-refractivity contribution in [3.8, 4) is 0 Å². The van der Waals surface area contributed by atoms with E-state index >= 15 is 0 Å². The van der Waals surface area contributed by atoms with Gasteiger partial charge in [0.25, 0.3) is 0 Å². The van der Waals surface area contributed by atoms with Gasteiger partial charge in [-0.05, 0) is 32.6 Å². The van der Waals surface area contributed by atoms with Gasteiger partial charge >= 0.3 is 6.03 Å². The van der Waals surface area contributed by atoms with Crippen LogP contribution in [0.15, 0.2) is 0 Å². The van der Waals surface area contributed by atoms with E-state index in [2.05, 4.69) is 4.90 Å². The van der Waals surface area contributed by atoms with Crippen molar-refractivity contribution in [3.05, 3.63) is 0 Å². The van der Waals surface area contributed by atoms with E-state index in [0.717, 1.165) is 63.4 Å². The molecule has 3 heterocycles. The Bertz CT molecular complexity index is 584. The fourth-order valence-corrected chi connectivity index (χ4v) is 4.69. The molecule has 3 fully saturated rings. The topological polar surface area (TPSA) is 103 Å². The van der Waals surface area contributed by atoms with Gasteiger partial charge in [0.15, 0.2) is 0 Å². The quantitative estimate of drug-likeness (QED) is 0.268. The van der Waals surface area contributed by atoms with Crippen molar-refractivity contribution in [2.45, 2.75) is 44.7 Å². The van der Waals surface area contributed by atoms with Gasteiger partial charge in [-0.3, -0.25) is 19.5 Å². The Hall–Kier alpha value is -1.91. The molecule has 3 rings (SSSR count). The van der Waals surface area contributed by atoms with Gasteiger partial charge in [0.2, 0.25) is 12.3 Å². The molecule has 0 aromatic carbocycles. The second kappa shape index (κ2) is 10.9. The summed E-state index contributed by atoms with van der Waals surface area (Å²) in [5.41, 5.74) is 0. The number of likely N-dealkylation sites (tertiary alicyclic amines) is 1. The Labute approximate surface area is 178 Å². The van der Waals surface area contributed by atoms with Crippen LogP contribution in [0.1, 0.15) is 32.6 Å². The van der Waals surface area contributed by atoms with Gasteiger partial charge in [-0.1, -0.05) is 0 Å². The van der Waals surface area contributed by atoms with Crippen molar-refractivity contribution in [3.63, 3.8) is 0 Å². The number of nitrogens with zero attached hydrogens (tertiary/aromatic N) is 5. The summed E-state index contributed by atoms with van der Waals surface area (Å²) in [6, 6.07) is 0.391. The number of carbonyl (C=O) groups excluding carboxylic acids is 3. The normalized spacial score (nSPS) is 22.1. The van der Waals surface area contributed by atoms with E-state index in [-0.39, 0.29) is 24.5 Å². The predicted octanol–water partition coefficient (Wildman–Crippen LogP) is -0.452. The maximum Gasteiger partial charge on any atom is 0.334 e. The van der Waals surface area contributed by atoms with E-state index in [0.29, 0.717) is 38.8 Å². The number of urea groups is 1. The maximum atomic E-state index is 12.6. The molecule has 4 amide bonds. The molecule has 0 aliphatic carbocycles. The molecule has 0 bridgehead atoms. The number of nitrogens with two attached hydrogens (primary N) is 1. The van der Waals surface area contributed by atoms with Crippen molar-refractivity contribution >= 4 is 18.3 Å². The van der Waals surface area contributed by atoms with Gasteiger partial charge in [-0.2, -0.15) is 0 Å². The Kier molecular flexibility index (Phi) is 8.29. The minimum atomic E-state index is -0.322. The lowest BCUT2D eigenvalue weighted by molar-refractivity contribution is -0.134. The first kappa shape index (κ1) is 22.8. The summed E-state index contributed by atoms with van der Waals surface area (Å²) >= 11 is 0. The van der Waals surface area contributed by atoms with Crippen LogP contribution < -0.4 is 5.84 Å². The van der Waals surface area contributed by atoms with Crippen LogP contribution in [0.3, 0.4) is 0 Å². The molecular weight excluding hydrogens is 388 g/mol. The molecule has 0 aromatic rings. The van der Waals surface area contributed by atoms with Crippen LogP contribution in [0.25, 0.3) is 0 Å². The smallest absolute Gasteiger partial charge is 0.334 e. The molecular formula is C20H36N6O4. The average molecular weight is 425 g/mol. The molecule has 30 heavy (non-hydrogen) atoms. The molecule has 3 aliphatic heterocycles. The molecule has 0 atom stereocenters. The SMILES string of the molecule is CCN(C=O)C1CCN(C(=O)N(N)CC(=O)N2CCN(C3CCOCC3)CC2)CC1. The minimum Gasteiger partial charge on any atom is -0.381 e. The molecule has 0 radical (unpaired) electrons. The fraction of sp³-hybridized carbons (Fsp3) is 0.850.